The fraction of sp³-hybridized carbons (Fsp3) is 0.533. The number of nitrogens with zero attached hydrogens (tertiary/aromatic N) is 1. The lowest BCUT2D eigenvalue weighted by Gasteiger charge is -2.27. The molecule has 0 spiro atoms. The van der Waals surface area contributed by atoms with Crippen molar-refractivity contribution in [3.63, 3.8) is 0 Å². The quantitative estimate of drug-likeness (QED) is 0.642. The Morgan fingerprint density at radius 3 is 2.79 bits per heavy atom. The maximum Gasteiger partial charge on any atom is 0.122 e. The molecule has 1 aromatic rings. The van der Waals surface area contributed by atoms with Gasteiger partial charge in [0.1, 0.15) is 5.84 Å². The number of rotatable bonds is 4. The smallest absolute Gasteiger partial charge is 0.122 e. The normalized spacial score (nSPS) is 22.9. The van der Waals surface area contributed by atoms with Gasteiger partial charge in [0.25, 0.3) is 0 Å². The molecule has 0 aliphatic carbocycles. The minimum absolute atomic E-state index is 0.126. The van der Waals surface area contributed by atoms with Gasteiger partial charge in [-0.15, -0.1) is 0 Å². The van der Waals surface area contributed by atoms with E-state index in [1.54, 1.807) is 0 Å². The number of amidine groups is 1. The molecule has 4 nitrogen and oxygen atoms in total. The summed E-state index contributed by atoms with van der Waals surface area (Å²) in [6.45, 7) is 5.98. The van der Waals surface area contributed by atoms with Crippen LogP contribution in [0.3, 0.4) is 0 Å². The van der Waals surface area contributed by atoms with Gasteiger partial charge >= 0.3 is 0 Å². The highest BCUT2D eigenvalue weighted by Crippen LogP contribution is 2.21. The van der Waals surface area contributed by atoms with E-state index in [-0.39, 0.29) is 5.84 Å². The summed E-state index contributed by atoms with van der Waals surface area (Å²) in [6, 6.07) is 6.47. The van der Waals surface area contributed by atoms with Crippen LogP contribution in [0.2, 0.25) is 0 Å². The van der Waals surface area contributed by atoms with Crippen LogP contribution in [0, 0.1) is 12.3 Å². The van der Waals surface area contributed by atoms with Crippen LogP contribution in [0.25, 0.3) is 0 Å². The number of ether oxygens (including phenoxy) is 1. The summed E-state index contributed by atoms with van der Waals surface area (Å²) in [7, 11) is 2.15. The molecule has 1 heterocycles. The van der Waals surface area contributed by atoms with E-state index in [2.05, 4.69) is 31.9 Å². The highest BCUT2D eigenvalue weighted by atomic mass is 16.5. The number of likely N-dealkylation sites (N-methyl/N-ethyl adjacent to an activating group) is 1. The first kappa shape index (κ1) is 14.0. The number of benzene rings is 1. The predicted octanol–water partition coefficient (Wildman–Crippen LogP) is 1.89. The topological polar surface area (TPSA) is 62.3 Å². The van der Waals surface area contributed by atoms with Crippen LogP contribution >= 0.6 is 0 Å². The molecule has 0 saturated carbocycles. The summed E-state index contributed by atoms with van der Waals surface area (Å²) >= 11 is 0. The number of aryl methyl sites for hydroxylation is 1. The fourth-order valence-corrected chi connectivity index (χ4v) is 2.73. The first-order chi connectivity index (χ1) is 8.99. The van der Waals surface area contributed by atoms with Crippen LogP contribution in [0.15, 0.2) is 18.2 Å². The van der Waals surface area contributed by atoms with E-state index in [1.165, 1.54) is 11.1 Å². The van der Waals surface area contributed by atoms with E-state index >= 15 is 0 Å². The molecule has 2 unspecified atom stereocenters. The van der Waals surface area contributed by atoms with Crippen LogP contribution < -0.4 is 5.73 Å². The number of hydrogen-bond donors (Lipinski definition) is 2. The third kappa shape index (κ3) is 3.14. The number of nitrogens with one attached hydrogen (secondary N) is 1. The standard InChI is InChI=1S/C15H23N3O/c1-10-8-12(15(16)17)4-5-13(10)9-18(3)14-6-7-19-11(14)2/h4-5,8,11,14H,6-7,9H2,1-3H3,(H3,16,17). The summed E-state index contributed by atoms with van der Waals surface area (Å²) in [5, 5.41) is 7.46. The zero-order chi connectivity index (χ0) is 14.0. The summed E-state index contributed by atoms with van der Waals surface area (Å²) in [4.78, 5) is 2.35. The Hall–Kier alpha value is -1.39. The molecule has 2 atom stereocenters. The second kappa shape index (κ2) is 5.72. The van der Waals surface area contributed by atoms with Crippen molar-refractivity contribution in [2.24, 2.45) is 5.73 Å². The molecule has 0 amide bonds. The molecule has 1 aliphatic heterocycles. The van der Waals surface area contributed by atoms with Gasteiger partial charge in [0, 0.05) is 24.8 Å². The highest BCUT2D eigenvalue weighted by Gasteiger charge is 2.27. The van der Waals surface area contributed by atoms with E-state index < -0.39 is 0 Å². The average Bonchev–Trinajstić information content (AvgIpc) is 2.77. The maximum absolute atomic E-state index is 7.46. The van der Waals surface area contributed by atoms with Crippen molar-refractivity contribution in [2.45, 2.75) is 39.0 Å². The molecule has 1 aromatic carbocycles. The fourth-order valence-electron chi connectivity index (χ4n) is 2.73. The molecule has 19 heavy (non-hydrogen) atoms. The van der Waals surface area contributed by atoms with E-state index in [1.807, 2.05) is 12.1 Å². The lowest BCUT2D eigenvalue weighted by Crippen LogP contribution is -2.36. The summed E-state index contributed by atoms with van der Waals surface area (Å²) in [6.07, 6.45) is 1.41. The molecule has 0 radical (unpaired) electrons. The number of hydrogen-bond acceptors (Lipinski definition) is 3. The molecule has 1 fully saturated rings. The summed E-state index contributed by atoms with van der Waals surface area (Å²) < 4.78 is 5.62. The van der Waals surface area contributed by atoms with Crippen LogP contribution in [0.4, 0.5) is 0 Å². The Morgan fingerprint density at radius 1 is 1.53 bits per heavy atom. The van der Waals surface area contributed by atoms with Crippen LogP contribution in [-0.4, -0.2) is 36.5 Å². The summed E-state index contributed by atoms with van der Waals surface area (Å²) in [5.74, 6) is 0.126. The van der Waals surface area contributed by atoms with Gasteiger partial charge in [-0.1, -0.05) is 12.1 Å². The van der Waals surface area contributed by atoms with Gasteiger partial charge < -0.3 is 10.5 Å². The number of nitrogen functional groups attached to an aromatic ring is 1. The van der Waals surface area contributed by atoms with E-state index in [0.717, 1.165) is 25.1 Å². The first-order valence-corrected chi connectivity index (χ1v) is 6.75. The molecule has 2 rings (SSSR count). The number of nitrogens with two attached hydrogens (primary N) is 1. The largest absolute Gasteiger partial charge is 0.384 e. The van der Waals surface area contributed by atoms with Gasteiger partial charge in [0.05, 0.1) is 6.10 Å². The minimum Gasteiger partial charge on any atom is -0.384 e. The molecular formula is C15H23N3O. The SMILES string of the molecule is Cc1cc(C(=N)N)ccc1CN(C)C1CCOC1C. The molecular weight excluding hydrogens is 238 g/mol. The van der Waals surface area contributed by atoms with Gasteiger partial charge in [-0.3, -0.25) is 10.3 Å². The molecule has 104 valence electrons. The van der Waals surface area contributed by atoms with Gasteiger partial charge in [0.15, 0.2) is 0 Å². The van der Waals surface area contributed by atoms with Crippen LogP contribution in [-0.2, 0) is 11.3 Å². The molecule has 4 heteroatoms. The van der Waals surface area contributed by atoms with Gasteiger partial charge in [-0.05, 0) is 44.5 Å². The Balaban J connectivity index is 2.08. The first-order valence-electron chi connectivity index (χ1n) is 6.75. The highest BCUT2D eigenvalue weighted by molar-refractivity contribution is 5.95. The lowest BCUT2D eigenvalue weighted by atomic mass is 10.0. The van der Waals surface area contributed by atoms with Crippen molar-refractivity contribution in [1.29, 1.82) is 5.41 Å². The Labute approximate surface area is 115 Å². The van der Waals surface area contributed by atoms with Crippen LogP contribution in [0.5, 0.6) is 0 Å². The van der Waals surface area contributed by atoms with Gasteiger partial charge in [0.2, 0.25) is 0 Å². The molecule has 0 aromatic heterocycles. The van der Waals surface area contributed by atoms with Crippen molar-refractivity contribution in [3.8, 4) is 0 Å². The van der Waals surface area contributed by atoms with Gasteiger partial charge in [-0.2, -0.15) is 0 Å². The van der Waals surface area contributed by atoms with E-state index in [0.29, 0.717) is 12.1 Å². The zero-order valence-electron chi connectivity index (χ0n) is 11.9. The molecule has 1 saturated heterocycles. The van der Waals surface area contributed by atoms with Crippen molar-refractivity contribution < 1.29 is 4.74 Å². The third-order valence-electron chi connectivity index (χ3n) is 3.98. The Bertz CT molecular complexity index is 472. The second-order valence-corrected chi connectivity index (χ2v) is 5.40. The van der Waals surface area contributed by atoms with Crippen molar-refractivity contribution in [2.75, 3.05) is 13.7 Å². The van der Waals surface area contributed by atoms with E-state index in [9.17, 15) is 0 Å². The van der Waals surface area contributed by atoms with Crippen molar-refractivity contribution >= 4 is 5.84 Å². The lowest BCUT2D eigenvalue weighted by molar-refractivity contribution is 0.0814. The minimum atomic E-state index is 0.126. The third-order valence-corrected chi connectivity index (χ3v) is 3.98. The Kier molecular flexibility index (Phi) is 4.22. The molecule has 1 aliphatic rings. The Morgan fingerprint density at radius 2 is 2.26 bits per heavy atom. The van der Waals surface area contributed by atoms with Crippen molar-refractivity contribution in [3.05, 3.63) is 34.9 Å². The monoisotopic (exact) mass is 261 g/mol. The molecule has 3 N–H and O–H groups in total. The van der Waals surface area contributed by atoms with Crippen molar-refractivity contribution in [1.82, 2.24) is 4.90 Å². The molecule has 0 bridgehead atoms. The maximum atomic E-state index is 7.46. The van der Waals surface area contributed by atoms with Crippen LogP contribution in [0.1, 0.15) is 30.0 Å². The van der Waals surface area contributed by atoms with E-state index in [4.69, 9.17) is 15.9 Å². The summed E-state index contributed by atoms with van der Waals surface area (Å²) in [5.41, 5.74) is 8.77. The second-order valence-electron chi connectivity index (χ2n) is 5.40. The zero-order valence-corrected chi connectivity index (χ0v) is 11.9. The predicted molar refractivity (Wildman–Crippen MR) is 77.5 cm³/mol. The van der Waals surface area contributed by atoms with Gasteiger partial charge in [-0.25, -0.2) is 0 Å². The average molecular weight is 261 g/mol.